The molecule has 0 N–H and O–H groups in total. The van der Waals surface area contributed by atoms with Gasteiger partial charge in [-0.15, -0.1) is 0 Å². The fourth-order valence-corrected chi connectivity index (χ4v) is 8.59. The molecule has 2 aliphatic rings. The highest BCUT2D eigenvalue weighted by molar-refractivity contribution is 5.78. The third-order valence-electron chi connectivity index (χ3n) is 12.1. The highest BCUT2D eigenvalue weighted by Gasteiger charge is 2.36. The minimum Gasteiger partial charge on any atom is -0.456 e. The van der Waals surface area contributed by atoms with E-state index in [9.17, 15) is 0 Å². The molecule has 0 radical (unpaired) electrons. The second-order valence-corrected chi connectivity index (χ2v) is 16.6. The summed E-state index contributed by atoms with van der Waals surface area (Å²) < 4.78 is 6.65. The highest BCUT2D eigenvalue weighted by atomic mass is 16.5. The highest BCUT2D eigenvalue weighted by Crippen LogP contribution is 2.51. The zero-order valence-corrected chi connectivity index (χ0v) is 36.3. The molecule has 6 aromatic carbocycles. The lowest BCUT2D eigenvalue weighted by Crippen LogP contribution is -2.24. The van der Waals surface area contributed by atoms with Crippen LogP contribution in [0.5, 0.6) is 11.5 Å². The van der Waals surface area contributed by atoms with Crippen LogP contribution >= 0.6 is 0 Å². The van der Waals surface area contributed by atoms with Gasteiger partial charge in [0, 0.05) is 50.3 Å². The summed E-state index contributed by atoms with van der Waals surface area (Å²) in [7, 11) is 0. The van der Waals surface area contributed by atoms with Crippen molar-refractivity contribution >= 4 is 11.1 Å². The molecule has 1 aliphatic heterocycles. The molecular weight excluding hydrogens is 785 g/mol. The second-order valence-electron chi connectivity index (χ2n) is 16.6. The van der Waals surface area contributed by atoms with Gasteiger partial charge < -0.3 is 4.74 Å². The summed E-state index contributed by atoms with van der Waals surface area (Å²) in [5.41, 5.74) is 11.1. The van der Waals surface area contributed by atoms with Gasteiger partial charge in [-0.1, -0.05) is 190 Å². The number of benzene rings is 6. The molecule has 0 amide bonds. The molecule has 7 nitrogen and oxygen atoms in total. The van der Waals surface area contributed by atoms with Crippen LogP contribution in [-0.2, 0) is 5.41 Å². The summed E-state index contributed by atoms with van der Waals surface area (Å²) in [6, 6.07) is 51.8. The predicted octanol–water partition coefficient (Wildman–Crippen LogP) is 13.9. The second kappa shape index (κ2) is 17.1. The van der Waals surface area contributed by atoms with Crippen LogP contribution in [0.1, 0.15) is 68.1 Å². The summed E-state index contributed by atoms with van der Waals surface area (Å²) in [6.07, 6.45) is 13.8. The Hall–Kier alpha value is -7.90. The number of ether oxygens (including phenoxy) is 1. The van der Waals surface area contributed by atoms with Gasteiger partial charge in [-0.2, -0.15) is 0 Å². The van der Waals surface area contributed by atoms with Gasteiger partial charge in [0.25, 0.3) is 0 Å². The lowest BCUT2D eigenvalue weighted by molar-refractivity contribution is 0.419. The third kappa shape index (κ3) is 7.77. The van der Waals surface area contributed by atoms with Crippen molar-refractivity contribution in [1.82, 2.24) is 29.9 Å². The SMILES string of the molecule is C/C=C\C(=C/C)c1nc(-c2ccccc2)nc(-c2ccc(C3C=CC(c4ccc(-c5nc(-c6ccccc6)nc(-c6cccc7c6Oc6ccccc6C7(C)C)n5)cc4)=CC3)cc2)n1. The smallest absolute Gasteiger partial charge is 0.167 e. The quantitative estimate of drug-likeness (QED) is 0.134. The van der Waals surface area contributed by atoms with Crippen LogP contribution in [-0.4, -0.2) is 29.9 Å². The number of para-hydroxylation sites is 2. The molecule has 1 atom stereocenters. The third-order valence-corrected chi connectivity index (χ3v) is 12.1. The van der Waals surface area contributed by atoms with E-state index in [0.717, 1.165) is 68.0 Å². The van der Waals surface area contributed by atoms with Gasteiger partial charge in [0.1, 0.15) is 11.5 Å². The molecule has 0 saturated heterocycles. The fraction of sp³-hybridized carbons (Fsp3) is 0.123. The summed E-state index contributed by atoms with van der Waals surface area (Å²) >= 11 is 0. The monoisotopic (exact) mass is 830 g/mol. The Labute approximate surface area is 374 Å². The number of aromatic nitrogens is 6. The maximum absolute atomic E-state index is 6.65. The van der Waals surface area contributed by atoms with E-state index in [4.69, 9.17) is 34.6 Å². The normalized spacial score (nSPS) is 15.3. The number of hydrogen-bond acceptors (Lipinski definition) is 7. The number of nitrogens with zero attached hydrogens (tertiary/aromatic N) is 6. The largest absolute Gasteiger partial charge is 0.456 e. The predicted molar refractivity (Wildman–Crippen MR) is 258 cm³/mol. The van der Waals surface area contributed by atoms with Crippen molar-refractivity contribution in [3.8, 4) is 68.4 Å². The Bertz CT molecular complexity index is 3130. The van der Waals surface area contributed by atoms with E-state index in [2.05, 4.69) is 105 Å². The molecule has 1 aliphatic carbocycles. The van der Waals surface area contributed by atoms with Crippen molar-refractivity contribution in [3.05, 3.63) is 216 Å². The molecule has 7 heteroatoms. The van der Waals surface area contributed by atoms with Gasteiger partial charge in [-0.3, -0.25) is 0 Å². The van der Waals surface area contributed by atoms with Crippen LogP contribution in [0.3, 0.4) is 0 Å². The molecule has 10 rings (SSSR count). The average Bonchev–Trinajstić information content (AvgIpc) is 3.36. The molecule has 3 heterocycles. The van der Waals surface area contributed by atoms with Crippen molar-refractivity contribution in [2.24, 2.45) is 0 Å². The molecular formula is C57H46N6O. The van der Waals surface area contributed by atoms with E-state index in [1.165, 1.54) is 11.1 Å². The molecule has 0 saturated carbocycles. The van der Waals surface area contributed by atoms with Crippen LogP contribution in [0.25, 0.3) is 68.1 Å². The fourth-order valence-electron chi connectivity index (χ4n) is 8.59. The van der Waals surface area contributed by atoms with Crippen LogP contribution in [0.15, 0.2) is 188 Å². The van der Waals surface area contributed by atoms with Crippen LogP contribution in [0.2, 0.25) is 0 Å². The van der Waals surface area contributed by atoms with E-state index < -0.39 is 0 Å². The van der Waals surface area contributed by atoms with Gasteiger partial charge in [-0.25, -0.2) is 29.9 Å². The van der Waals surface area contributed by atoms with Crippen molar-refractivity contribution in [2.75, 3.05) is 0 Å². The summed E-state index contributed by atoms with van der Waals surface area (Å²) in [5, 5.41) is 0. The molecule has 0 bridgehead atoms. The molecule has 64 heavy (non-hydrogen) atoms. The average molecular weight is 831 g/mol. The Morgan fingerprint density at radius 3 is 1.67 bits per heavy atom. The Morgan fingerprint density at radius 2 is 1.08 bits per heavy atom. The first kappa shape index (κ1) is 40.2. The maximum atomic E-state index is 6.65. The van der Waals surface area contributed by atoms with Crippen molar-refractivity contribution < 1.29 is 4.74 Å². The van der Waals surface area contributed by atoms with Crippen LogP contribution < -0.4 is 4.74 Å². The number of rotatable bonds is 9. The van der Waals surface area contributed by atoms with Crippen LogP contribution in [0, 0.1) is 0 Å². The number of hydrogen-bond donors (Lipinski definition) is 0. The van der Waals surface area contributed by atoms with E-state index in [-0.39, 0.29) is 11.3 Å². The van der Waals surface area contributed by atoms with Crippen molar-refractivity contribution in [3.63, 3.8) is 0 Å². The van der Waals surface area contributed by atoms with E-state index in [0.29, 0.717) is 34.9 Å². The van der Waals surface area contributed by atoms with Gasteiger partial charge >= 0.3 is 0 Å². The molecule has 0 fully saturated rings. The number of allylic oxidation sites excluding steroid dienone is 8. The molecule has 8 aromatic rings. The minimum absolute atomic E-state index is 0.252. The molecule has 0 spiro atoms. The summed E-state index contributed by atoms with van der Waals surface area (Å²) in [6.45, 7) is 8.48. The topological polar surface area (TPSA) is 86.6 Å². The molecule has 1 unspecified atom stereocenters. The maximum Gasteiger partial charge on any atom is 0.167 e. The van der Waals surface area contributed by atoms with Gasteiger partial charge in [-0.05, 0) is 49.1 Å². The zero-order valence-electron chi connectivity index (χ0n) is 36.3. The lowest BCUT2D eigenvalue weighted by Gasteiger charge is -2.35. The van der Waals surface area contributed by atoms with Crippen molar-refractivity contribution in [2.45, 2.75) is 45.4 Å². The van der Waals surface area contributed by atoms with Gasteiger partial charge in [0.05, 0.1) is 5.56 Å². The minimum atomic E-state index is -0.265. The van der Waals surface area contributed by atoms with Gasteiger partial charge in [0.15, 0.2) is 34.9 Å². The first-order chi connectivity index (χ1) is 31.4. The van der Waals surface area contributed by atoms with Gasteiger partial charge in [0.2, 0.25) is 0 Å². The lowest BCUT2D eigenvalue weighted by atomic mass is 9.75. The van der Waals surface area contributed by atoms with E-state index in [1.54, 1.807) is 0 Å². The first-order valence-electron chi connectivity index (χ1n) is 21.8. The Balaban J connectivity index is 0.904. The Kier molecular flexibility index (Phi) is 10.7. The number of fused-ring (bicyclic) bond motifs is 2. The standard InChI is InChI=1S/C57H46N6O/c1-5-16-37(6-2)51-58-52(42-17-9-7-10-18-42)60-54(59-51)44-33-29-40(30-34-44)38-25-27-39(28-26-38)41-31-35-45(36-32-41)55-61-53(43-19-11-8-12-20-43)62-56(63-55)46-21-15-23-48-50(46)64-49-24-14-13-22-47(49)57(48,3)4/h5-25,27-36,38H,26H2,1-4H3/b16-5-,37-6+. The van der Waals surface area contributed by atoms with E-state index in [1.807, 2.05) is 111 Å². The first-order valence-corrected chi connectivity index (χ1v) is 21.8. The Morgan fingerprint density at radius 1 is 0.547 bits per heavy atom. The van der Waals surface area contributed by atoms with E-state index >= 15 is 0 Å². The van der Waals surface area contributed by atoms with Crippen LogP contribution in [0.4, 0.5) is 0 Å². The summed E-state index contributed by atoms with van der Waals surface area (Å²) in [4.78, 5) is 29.9. The molecule has 310 valence electrons. The summed E-state index contributed by atoms with van der Waals surface area (Å²) in [5.74, 6) is 5.62. The zero-order chi connectivity index (χ0) is 43.6. The van der Waals surface area contributed by atoms with Crippen molar-refractivity contribution in [1.29, 1.82) is 0 Å². The molecule has 2 aromatic heterocycles.